The average Bonchev–Trinajstić information content (AvgIpc) is 3.69. The Balaban J connectivity index is 1.09. The fourth-order valence-corrected chi connectivity index (χ4v) is 9.23. The van der Waals surface area contributed by atoms with E-state index in [1.54, 1.807) is 0 Å². The highest BCUT2D eigenvalue weighted by molar-refractivity contribution is 8.01. The predicted molar refractivity (Wildman–Crippen MR) is 211 cm³/mol. The van der Waals surface area contributed by atoms with Crippen molar-refractivity contribution in [2.24, 2.45) is 0 Å². The number of para-hydroxylation sites is 1. The van der Waals surface area contributed by atoms with Crippen LogP contribution in [0.1, 0.15) is 18.4 Å². The van der Waals surface area contributed by atoms with E-state index >= 15 is 0 Å². The van der Waals surface area contributed by atoms with Gasteiger partial charge in [-0.05, 0) is 60.0 Å². The van der Waals surface area contributed by atoms with Gasteiger partial charge in [-0.2, -0.15) is 0 Å². The molecule has 51 heavy (non-hydrogen) atoms. The number of thioether (sulfide) groups is 1. The molecule has 0 saturated carbocycles. The number of benzene rings is 6. The number of hydrogen-bond donors (Lipinski definition) is 0. The van der Waals surface area contributed by atoms with Crippen LogP contribution in [0.3, 0.4) is 0 Å². The van der Waals surface area contributed by atoms with Crippen LogP contribution >= 0.6 is 11.8 Å². The number of rotatable bonds is 5. The molecule has 0 amide bonds. The predicted octanol–water partition coefficient (Wildman–Crippen LogP) is 11.7. The molecule has 2 aromatic heterocycles. The lowest BCUT2D eigenvalue weighted by Crippen LogP contribution is -2.22. The molecule has 2 atom stereocenters. The molecule has 0 fully saturated rings. The van der Waals surface area contributed by atoms with Gasteiger partial charge in [0.05, 0.1) is 11.0 Å². The molecule has 0 spiro atoms. The summed E-state index contributed by atoms with van der Waals surface area (Å²) >= 11 is 1.99. The number of aromatic nitrogens is 4. The summed E-state index contributed by atoms with van der Waals surface area (Å²) < 4.78 is 2.43. The Morgan fingerprint density at radius 2 is 1.16 bits per heavy atom. The molecule has 0 N–H and O–H groups in total. The van der Waals surface area contributed by atoms with Crippen molar-refractivity contribution in [1.29, 1.82) is 0 Å². The van der Waals surface area contributed by atoms with Gasteiger partial charge < -0.3 is 4.57 Å². The van der Waals surface area contributed by atoms with Gasteiger partial charge in [0.15, 0.2) is 17.5 Å². The zero-order valence-corrected chi connectivity index (χ0v) is 28.8. The highest BCUT2D eigenvalue weighted by Crippen LogP contribution is 2.58. The molecule has 0 saturated heterocycles. The summed E-state index contributed by atoms with van der Waals surface area (Å²) in [5.74, 6) is 2.34. The molecular formula is C46H32N4S. The van der Waals surface area contributed by atoms with Crippen molar-refractivity contribution in [2.75, 3.05) is 0 Å². The van der Waals surface area contributed by atoms with Gasteiger partial charge in [0.1, 0.15) is 0 Å². The van der Waals surface area contributed by atoms with Gasteiger partial charge in [0, 0.05) is 48.7 Å². The topological polar surface area (TPSA) is 43.6 Å². The summed E-state index contributed by atoms with van der Waals surface area (Å²) in [4.78, 5) is 16.2. The lowest BCUT2D eigenvalue weighted by Gasteiger charge is -2.27. The Labute approximate surface area is 300 Å². The summed E-state index contributed by atoms with van der Waals surface area (Å²) in [5.41, 5.74) is 10.2. The van der Waals surface area contributed by atoms with Crippen molar-refractivity contribution >= 4 is 33.6 Å². The lowest BCUT2D eigenvalue weighted by atomic mass is 9.83. The number of hydrogen-bond acceptors (Lipinski definition) is 4. The highest BCUT2D eigenvalue weighted by atomic mass is 32.2. The molecule has 8 aromatic rings. The summed E-state index contributed by atoms with van der Waals surface area (Å²) in [7, 11) is 0. The molecule has 10 rings (SSSR count). The third-order valence-corrected chi connectivity index (χ3v) is 11.7. The minimum Gasteiger partial charge on any atom is -0.309 e. The van der Waals surface area contributed by atoms with Crippen molar-refractivity contribution in [1.82, 2.24) is 19.5 Å². The number of allylic oxidation sites excluding steroid dienone is 3. The van der Waals surface area contributed by atoms with E-state index in [1.165, 1.54) is 43.4 Å². The Morgan fingerprint density at radius 3 is 1.86 bits per heavy atom. The van der Waals surface area contributed by atoms with Crippen molar-refractivity contribution < 1.29 is 0 Å². The Hall–Kier alpha value is -6.04. The maximum atomic E-state index is 4.96. The molecule has 0 radical (unpaired) electrons. The van der Waals surface area contributed by atoms with E-state index in [2.05, 4.69) is 121 Å². The minimum atomic E-state index is 0.0379. The largest absolute Gasteiger partial charge is 0.309 e. The standard InChI is InChI=1S/C46H32N4S/c1-46-28-11-10-20-39(46)38-19-12-18-35(42(38)51-46)33-24-27-37-36-17-8-9-21-40(36)50(41(37)29-33)34-25-22-32(23-26-34)45-48-43(30-13-4-2-5-14-30)47-44(49-45)31-15-6-3-7-16-31/h2-29,39H,1H3. The maximum Gasteiger partial charge on any atom is 0.164 e. The Bertz CT molecular complexity index is 2620. The van der Waals surface area contributed by atoms with Crippen LogP contribution in [-0.4, -0.2) is 24.3 Å². The summed E-state index contributed by atoms with van der Waals surface area (Å²) in [6.07, 6.45) is 9.10. The van der Waals surface area contributed by atoms with Gasteiger partial charge in [-0.15, -0.1) is 11.8 Å². The zero-order valence-electron chi connectivity index (χ0n) is 27.9. The molecule has 6 aromatic carbocycles. The van der Waals surface area contributed by atoms with E-state index in [9.17, 15) is 0 Å². The van der Waals surface area contributed by atoms with Crippen LogP contribution in [0.4, 0.5) is 0 Å². The van der Waals surface area contributed by atoms with Gasteiger partial charge in [-0.3, -0.25) is 0 Å². The third kappa shape index (κ3) is 4.96. The molecule has 3 heterocycles. The quantitative estimate of drug-likeness (QED) is 0.182. The summed E-state index contributed by atoms with van der Waals surface area (Å²) in [6, 6.07) is 51.3. The van der Waals surface area contributed by atoms with E-state index in [-0.39, 0.29) is 4.75 Å². The van der Waals surface area contributed by atoms with Crippen LogP contribution in [0.25, 0.3) is 72.8 Å². The molecule has 4 nitrogen and oxygen atoms in total. The fourth-order valence-electron chi connectivity index (χ4n) is 7.70. The van der Waals surface area contributed by atoms with Gasteiger partial charge in [-0.1, -0.05) is 133 Å². The highest BCUT2D eigenvalue weighted by Gasteiger charge is 2.42. The summed E-state index contributed by atoms with van der Waals surface area (Å²) in [5, 5.41) is 2.48. The van der Waals surface area contributed by atoms with E-state index < -0.39 is 0 Å². The maximum absolute atomic E-state index is 4.96. The minimum absolute atomic E-state index is 0.0379. The molecule has 5 heteroatoms. The van der Waals surface area contributed by atoms with E-state index in [0.717, 1.165) is 22.4 Å². The van der Waals surface area contributed by atoms with Gasteiger partial charge in [0.25, 0.3) is 0 Å². The molecular weight excluding hydrogens is 641 g/mol. The van der Waals surface area contributed by atoms with Crippen LogP contribution < -0.4 is 0 Å². The Kier molecular flexibility index (Phi) is 6.90. The monoisotopic (exact) mass is 672 g/mol. The normalized spacial score (nSPS) is 17.5. The average molecular weight is 673 g/mol. The van der Waals surface area contributed by atoms with Crippen LogP contribution in [0, 0.1) is 0 Å². The summed E-state index contributed by atoms with van der Waals surface area (Å²) in [6.45, 7) is 2.36. The molecule has 1 aliphatic heterocycles. The van der Waals surface area contributed by atoms with E-state index in [1.807, 2.05) is 72.4 Å². The van der Waals surface area contributed by atoms with Gasteiger partial charge in [-0.25, -0.2) is 15.0 Å². The molecule has 2 unspecified atom stereocenters. The van der Waals surface area contributed by atoms with E-state index in [4.69, 9.17) is 15.0 Å². The smallest absolute Gasteiger partial charge is 0.164 e. The SMILES string of the molecule is CC12C=CC=CC1c1cccc(-c3ccc4c5ccccc5n(-c5ccc(-c6nc(-c7ccccc7)nc(-c7ccccc7)n6)cc5)c4c3)c1S2. The second kappa shape index (κ2) is 11.8. The van der Waals surface area contributed by atoms with Crippen LogP contribution in [0.15, 0.2) is 175 Å². The van der Waals surface area contributed by atoms with Crippen LogP contribution in [0.5, 0.6) is 0 Å². The van der Waals surface area contributed by atoms with Crippen LogP contribution in [0.2, 0.25) is 0 Å². The molecule has 0 bridgehead atoms. The Morgan fingerprint density at radius 1 is 0.549 bits per heavy atom. The van der Waals surface area contributed by atoms with Crippen molar-refractivity contribution in [3.8, 4) is 51.0 Å². The molecule has 2 aliphatic rings. The lowest BCUT2D eigenvalue weighted by molar-refractivity contribution is 0.702. The number of nitrogens with zero attached hydrogens (tertiary/aromatic N) is 4. The van der Waals surface area contributed by atoms with Crippen molar-refractivity contribution in [3.05, 3.63) is 175 Å². The van der Waals surface area contributed by atoms with Crippen molar-refractivity contribution in [3.63, 3.8) is 0 Å². The number of fused-ring (bicyclic) bond motifs is 6. The first kappa shape index (κ1) is 29.8. The van der Waals surface area contributed by atoms with Gasteiger partial charge >= 0.3 is 0 Å². The fraction of sp³-hybridized carbons (Fsp3) is 0.0652. The second-order valence-corrected chi connectivity index (χ2v) is 14.9. The third-order valence-electron chi connectivity index (χ3n) is 10.2. The first-order valence-electron chi connectivity index (χ1n) is 17.3. The van der Waals surface area contributed by atoms with Crippen molar-refractivity contribution in [2.45, 2.75) is 22.5 Å². The first-order chi connectivity index (χ1) is 25.1. The molecule has 1 aliphatic carbocycles. The van der Waals surface area contributed by atoms with Crippen LogP contribution in [-0.2, 0) is 0 Å². The zero-order chi connectivity index (χ0) is 33.9. The first-order valence-corrected chi connectivity index (χ1v) is 18.1. The van der Waals surface area contributed by atoms with E-state index in [0.29, 0.717) is 23.4 Å². The molecule has 242 valence electrons. The second-order valence-electron chi connectivity index (χ2n) is 13.4. The van der Waals surface area contributed by atoms with Gasteiger partial charge in [0.2, 0.25) is 0 Å².